The molecule has 2 N–H and O–H groups in total. The maximum Gasteiger partial charge on any atom is 0.253 e. The molecule has 0 unspecified atom stereocenters. The summed E-state index contributed by atoms with van der Waals surface area (Å²) < 4.78 is 0. The molecule has 0 saturated heterocycles. The molecule has 3 rings (SSSR count). The number of amides is 2. The van der Waals surface area contributed by atoms with E-state index in [0.717, 1.165) is 48.3 Å². The van der Waals surface area contributed by atoms with Gasteiger partial charge in [-0.05, 0) is 48.2 Å². The molecule has 2 aromatic rings. The number of amidine groups is 1. The van der Waals surface area contributed by atoms with Gasteiger partial charge in [-0.3, -0.25) is 9.59 Å². The Kier molecular flexibility index (Phi) is 7.46. The highest BCUT2D eigenvalue weighted by Gasteiger charge is 2.21. The fourth-order valence-corrected chi connectivity index (χ4v) is 3.86. The predicted molar refractivity (Wildman–Crippen MR) is 131 cm³/mol. The number of benzene rings is 2. The second kappa shape index (κ2) is 10.3. The van der Waals surface area contributed by atoms with E-state index < -0.39 is 0 Å². The van der Waals surface area contributed by atoms with Gasteiger partial charge in [0.15, 0.2) is 0 Å². The van der Waals surface area contributed by atoms with E-state index in [0.29, 0.717) is 23.4 Å². The molecule has 1 aliphatic heterocycles. The Morgan fingerprint density at radius 3 is 2.31 bits per heavy atom. The largest absolute Gasteiger partial charge is 0.387 e. The molecule has 0 fully saturated rings. The number of carbonyl (C=O) groups is 2. The molecular formula is C26H32N4O2. The normalized spacial score (nSPS) is 12.9. The summed E-state index contributed by atoms with van der Waals surface area (Å²) in [5, 5.41) is 0. The zero-order chi connectivity index (χ0) is 23.3. The molecule has 2 amide bonds. The third-order valence-corrected chi connectivity index (χ3v) is 5.39. The Morgan fingerprint density at radius 2 is 1.66 bits per heavy atom. The Hall–Kier alpha value is -3.41. The van der Waals surface area contributed by atoms with Crippen molar-refractivity contribution in [2.45, 2.75) is 33.1 Å². The predicted octanol–water partition coefficient (Wildman–Crippen LogP) is 4.48. The van der Waals surface area contributed by atoms with Crippen LogP contribution in [0.2, 0.25) is 0 Å². The summed E-state index contributed by atoms with van der Waals surface area (Å²) in [6.07, 6.45) is 4.07. The van der Waals surface area contributed by atoms with Crippen LogP contribution in [0.4, 0.5) is 5.69 Å². The summed E-state index contributed by atoms with van der Waals surface area (Å²) in [6.45, 7) is 5.61. The molecule has 0 aliphatic carbocycles. The lowest BCUT2D eigenvalue weighted by atomic mass is 9.99. The van der Waals surface area contributed by atoms with E-state index in [1.807, 2.05) is 53.4 Å². The van der Waals surface area contributed by atoms with Gasteiger partial charge < -0.3 is 15.5 Å². The first-order valence-corrected chi connectivity index (χ1v) is 11.1. The zero-order valence-corrected chi connectivity index (χ0v) is 19.4. The number of rotatable bonds is 7. The second-order valence-electron chi connectivity index (χ2n) is 8.30. The number of fused-ring (bicyclic) bond motifs is 1. The van der Waals surface area contributed by atoms with Crippen molar-refractivity contribution in [1.29, 1.82) is 0 Å². The molecular weight excluding hydrogens is 400 g/mol. The van der Waals surface area contributed by atoms with E-state index in [9.17, 15) is 9.59 Å². The van der Waals surface area contributed by atoms with Gasteiger partial charge >= 0.3 is 0 Å². The van der Waals surface area contributed by atoms with E-state index in [4.69, 9.17) is 5.73 Å². The van der Waals surface area contributed by atoms with E-state index in [-0.39, 0.29) is 11.8 Å². The van der Waals surface area contributed by atoms with Gasteiger partial charge in [0.25, 0.3) is 5.91 Å². The molecule has 6 heteroatoms. The van der Waals surface area contributed by atoms with Crippen molar-refractivity contribution in [3.63, 3.8) is 0 Å². The average Bonchev–Trinajstić information content (AvgIpc) is 2.95. The maximum absolute atomic E-state index is 13.1. The van der Waals surface area contributed by atoms with E-state index in [1.54, 1.807) is 19.0 Å². The summed E-state index contributed by atoms with van der Waals surface area (Å²) in [4.78, 5) is 33.5. The van der Waals surface area contributed by atoms with Gasteiger partial charge in [0, 0.05) is 50.3 Å². The van der Waals surface area contributed by atoms with Crippen molar-refractivity contribution in [3.05, 3.63) is 59.2 Å². The third kappa shape index (κ3) is 5.25. The van der Waals surface area contributed by atoms with Gasteiger partial charge in [0.1, 0.15) is 5.84 Å². The zero-order valence-electron chi connectivity index (χ0n) is 19.4. The quantitative estimate of drug-likeness (QED) is 0.701. The van der Waals surface area contributed by atoms with Crippen LogP contribution in [-0.4, -0.2) is 54.6 Å². The van der Waals surface area contributed by atoms with Crippen molar-refractivity contribution < 1.29 is 9.59 Å². The Bertz CT molecular complexity index is 1060. The van der Waals surface area contributed by atoms with Gasteiger partial charge in [0.05, 0.1) is 5.69 Å². The molecule has 0 saturated carbocycles. The highest BCUT2D eigenvalue weighted by atomic mass is 16.2. The van der Waals surface area contributed by atoms with Crippen LogP contribution in [0.5, 0.6) is 0 Å². The number of nitrogens with two attached hydrogens (primary N) is 1. The molecule has 32 heavy (non-hydrogen) atoms. The van der Waals surface area contributed by atoms with Crippen LogP contribution in [0.3, 0.4) is 0 Å². The fraction of sp³-hybridized carbons (Fsp3) is 0.346. The molecule has 1 heterocycles. The Balaban J connectivity index is 1.97. The highest BCUT2D eigenvalue weighted by Crippen LogP contribution is 2.32. The lowest BCUT2D eigenvalue weighted by molar-refractivity contribution is -0.127. The van der Waals surface area contributed by atoms with Crippen molar-refractivity contribution in [3.8, 4) is 11.1 Å². The minimum absolute atomic E-state index is 0.0266. The fourth-order valence-electron chi connectivity index (χ4n) is 3.86. The van der Waals surface area contributed by atoms with E-state index in [2.05, 4.69) is 18.8 Å². The molecule has 0 radical (unpaired) electrons. The van der Waals surface area contributed by atoms with Crippen LogP contribution < -0.4 is 5.73 Å². The standard InChI is InChI=1S/C26H32N4O2/c1-5-12-30(13-6-2)26(32)22-15-20-11-10-19(16-23(20)28-24(27)17-22)18-8-7-9-21(14-18)25(31)29(3)4/h7-11,14-16H,5-6,12-13,17H2,1-4H3,(H2,27,28). The van der Waals surface area contributed by atoms with Crippen molar-refractivity contribution in [2.75, 3.05) is 27.2 Å². The number of hydrogen-bond donors (Lipinski definition) is 1. The number of hydrogen-bond acceptors (Lipinski definition) is 4. The molecule has 0 bridgehead atoms. The summed E-state index contributed by atoms with van der Waals surface area (Å²) >= 11 is 0. The van der Waals surface area contributed by atoms with Crippen LogP contribution in [0.15, 0.2) is 53.0 Å². The van der Waals surface area contributed by atoms with Crippen LogP contribution in [0.1, 0.15) is 49.0 Å². The average molecular weight is 433 g/mol. The van der Waals surface area contributed by atoms with Crippen LogP contribution in [0, 0.1) is 0 Å². The van der Waals surface area contributed by atoms with Crippen molar-refractivity contribution in [2.24, 2.45) is 10.7 Å². The minimum atomic E-state index is -0.0429. The van der Waals surface area contributed by atoms with Crippen LogP contribution in [-0.2, 0) is 4.79 Å². The monoisotopic (exact) mass is 432 g/mol. The maximum atomic E-state index is 13.1. The first kappa shape index (κ1) is 23.3. The highest BCUT2D eigenvalue weighted by molar-refractivity contribution is 6.05. The molecule has 1 aliphatic rings. The third-order valence-electron chi connectivity index (χ3n) is 5.39. The summed E-state index contributed by atoms with van der Waals surface area (Å²) in [5.41, 5.74) is 11.0. The summed E-state index contributed by atoms with van der Waals surface area (Å²) in [6, 6.07) is 13.4. The van der Waals surface area contributed by atoms with E-state index in [1.165, 1.54) is 0 Å². The first-order valence-electron chi connectivity index (χ1n) is 11.1. The Morgan fingerprint density at radius 1 is 0.969 bits per heavy atom. The van der Waals surface area contributed by atoms with Gasteiger partial charge in [-0.2, -0.15) is 0 Å². The minimum Gasteiger partial charge on any atom is -0.387 e. The molecule has 0 aromatic heterocycles. The van der Waals surface area contributed by atoms with Gasteiger partial charge in [0.2, 0.25) is 5.91 Å². The summed E-state index contributed by atoms with van der Waals surface area (Å²) in [5.74, 6) is 0.405. The molecule has 0 spiro atoms. The van der Waals surface area contributed by atoms with E-state index >= 15 is 0 Å². The lowest BCUT2D eigenvalue weighted by Crippen LogP contribution is -2.34. The topological polar surface area (TPSA) is 79.0 Å². The van der Waals surface area contributed by atoms with Gasteiger partial charge in [-0.1, -0.05) is 38.1 Å². The first-order chi connectivity index (χ1) is 15.3. The molecule has 0 atom stereocenters. The number of aliphatic imine (C=N–C) groups is 1. The number of nitrogens with zero attached hydrogens (tertiary/aromatic N) is 3. The van der Waals surface area contributed by atoms with Crippen LogP contribution in [0.25, 0.3) is 17.2 Å². The van der Waals surface area contributed by atoms with Crippen LogP contribution >= 0.6 is 0 Å². The molecule has 2 aromatic carbocycles. The molecule has 6 nitrogen and oxygen atoms in total. The lowest BCUT2D eigenvalue weighted by Gasteiger charge is -2.22. The van der Waals surface area contributed by atoms with Gasteiger partial charge in [-0.25, -0.2) is 4.99 Å². The SMILES string of the molecule is CCCN(CCC)C(=O)C1=Cc2ccc(-c3cccc(C(=O)N(C)C)c3)cc2N=C(N)C1. The smallest absolute Gasteiger partial charge is 0.253 e. The molecule has 168 valence electrons. The van der Waals surface area contributed by atoms with Crippen molar-refractivity contribution >= 4 is 29.4 Å². The number of carbonyl (C=O) groups excluding carboxylic acids is 2. The summed E-state index contributed by atoms with van der Waals surface area (Å²) in [7, 11) is 3.48. The van der Waals surface area contributed by atoms with Crippen molar-refractivity contribution in [1.82, 2.24) is 9.80 Å². The Labute approximate surface area is 190 Å². The van der Waals surface area contributed by atoms with Gasteiger partial charge in [-0.15, -0.1) is 0 Å². The second-order valence-corrected chi connectivity index (χ2v) is 8.30.